The topological polar surface area (TPSA) is 35.0 Å². The van der Waals surface area contributed by atoms with Crippen LogP contribution in [0.5, 0.6) is 5.88 Å². The highest BCUT2D eigenvalue weighted by Crippen LogP contribution is 2.31. The van der Waals surface area contributed by atoms with Gasteiger partial charge in [0.1, 0.15) is 11.3 Å². The maximum Gasteiger partial charge on any atom is 0.422 e. The van der Waals surface area contributed by atoms with E-state index >= 15 is 0 Å². The van der Waals surface area contributed by atoms with Gasteiger partial charge in [0.15, 0.2) is 6.61 Å². The smallest absolute Gasteiger partial charge is 0.422 e. The lowest BCUT2D eigenvalue weighted by Crippen LogP contribution is -2.19. The van der Waals surface area contributed by atoms with Crippen molar-refractivity contribution in [2.45, 2.75) is 6.18 Å². The molecule has 3 rings (SSSR count). The molecule has 21 heavy (non-hydrogen) atoms. The molecule has 3 nitrogen and oxygen atoms in total. The molecule has 0 saturated heterocycles. The molecule has 0 aliphatic heterocycles. The van der Waals surface area contributed by atoms with Gasteiger partial charge in [-0.2, -0.15) is 13.2 Å². The second-order valence-corrected chi connectivity index (χ2v) is 4.36. The summed E-state index contributed by atoms with van der Waals surface area (Å²) in [6.45, 7) is -1.50. The number of hydrogen-bond acceptors (Lipinski definition) is 3. The number of benzene rings is 1. The van der Waals surface area contributed by atoms with Crippen LogP contribution in [0.2, 0.25) is 0 Å². The molecule has 0 fully saturated rings. The molecular formula is C14H8F4N2O. The highest BCUT2D eigenvalue weighted by atomic mass is 19.4. The van der Waals surface area contributed by atoms with Gasteiger partial charge in [-0.05, 0) is 18.2 Å². The van der Waals surface area contributed by atoms with Gasteiger partial charge >= 0.3 is 6.18 Å². The Morgan fingerprint density at radius 3 is 2.52 bits per heavy atom. The Labute approximate surface area is 116 Å². The van der Waals surface area contributed by atoms with E-state index in [2.05, 4.69) is 9.97 Å². The average Bonchev–Trinajstić information content (AvgIpc) is 2.45. The average molecular weight is 296 g/mol. The summed E-state index contributed by atoms with van der Waals surface area (Å²) in [7, 11) is 0. The van der Waals surface area contributed by atoms with E-state index in [1.165, 1.54) is 24.4 Å². The fraction of sp³-hybridized carbons (Fsp3) is 0.143. The fourth-order valence-corrected chi connectivity index (χ4v) is 2.03. The Bertz CT molecular complexity index is 817. The predicted octanol–water partition coefficient (Wildman–Crippen LogP) is 3.86. The first kappa shape index (κ1) is 13.5. The zero-order valence-electron chi connectivity index (χ0n) is 10.5. The molecule has 0 aliphatic carbocycles. The molecule has 0 unspecified atom stereocenters. The molecule has 0 aliphatic rings. The van der Waals surface area contributed by atoms with Gasteiger partial charge in [-0.1, -0.05) is 12.1 Å². The number of rotatable bonds is 2. The van der Waals surface area contributed by atoms with E-state index in [-0.39, 0.29) is 11.4 Å². The summed E-state index contributed by atoms with van der Waals surface area (Å²) in [4.78, 5) is 7.96. The van der Waals surface area contributed by atoms with E-state index in [0.717, 1.165) is 0 Å². The number of fused-ring (bicyclic) bond motifs is 3. The minimum Gasteiger partial charge on any atom is -0.468 e. The van der Waals surface area contributed by atoms with Crippen LogP contribution in [0.1, 0.15) is 0 Å². The van der Waals surface area contributed by atoms with Crippen molar-refractivity contribution in [3.8, 4) is 5.88 Å². The molecule has 0 bridgehead atoms. The van der Waals surface area contributed by atoms with E-state index in [1.807, 2.05) is 0 Å². The second-order valence-electron chi connectivity index (χ2n) is 4.36. The number of nitrogens with zero attached hydrogens (tertiary/aromatic N) is 2. The maximum atomic E-state index is 13.8. The SMILES string of the molecule is Fc1cccc2c1nc(OCC(F)(F)F)c1cccnc12. The Balaban J connectivity index is 2.24. The molecule has 0 N–H and O–H groups in total. The number of halogens is 4. The van der Waals surface area contributed by atoms with E-state index in [9.17, 15) is 17.6 Å². The third-order valence-corrected chi connectivity index (χ3v) is 2.87. The first-order valence-corrected chi connectivity index (χ1v) is 5.98. The fourth-order valence-electron chi connectivity index (χ4n) is 2.03. The number of aromatic nitrogens is 2. The van der Waals surface area contributed by atoms with Crippen molar-refractivity contribution in [1.29, 1.82) is 0 Å². The van der Waals surface area contributed by atoms with Gasteiger partial charge in [0, 0.05) is 11.6 Å². The van der Waals surface area contributed by atoms with Gasteiger partial charge in [-0.15, -0.1) is 0 Å². The van der Waals surface area contributed by atoms with Crippen LogP contribution in [-0.2, 0) is 0 Å². The predicted molar refractivity (Wildman–Crippen MR) is 68.6 cm³/mol. The third kappa shape index (κ3) is 2.58. The molecule has 3 aromatic rings. The summed E-state index contributed by atoms with van der Waals surface area (Å²) in [6.07, 6.45) is -3.03. The largest absolute Gasteiger partial charge is 0.468 e. The molecule has 0 amide bonds. The lowest BCUT2D eigenvalue weighted by atomic mass is 10.1. The number of para-hydroxylation sites is 1. The summed E-state index contributed by atoms with van der Waals surface area (Å²) >= 11 is 0. The first-order chi connectivity index (χ1) is 9.96. The second kappa shape index (κ2) is 4.83. The highest BCUT2D eigenvalue weighted by Gasteiger charge is 2.29. The van der Waals surface area contributed by atoms with Crippen molar-refractivity contribution in [2.75, 3.05) is 6.61 Å². The van der Waals surface area contributed by atoms with Gasteiger partial charge in [0.2, 0.25) is 5.88 Å². The van der Waals surface area contributed by atoms with Gasteiger partial charge in [-0.25, -0.2) is 9.37 Å². The van der Waals surface area contributed by atoms with Crippen LogP contribution < -0.4 is 4.74 Å². The van der Waals surface area contributed by atoms with Gasteiger partial charge in [0.25, 0.3) is 0 Å². The van der Waals surface area contributed by atoms with Crippen molar-refractivity contribution >= 4 is 21.8 Å². The third-order valence-electron chi connectivity index (χ3n) is 2.87. The molecule has 0 spiro atoms. The first-order valence-electron chi connectivity index (χ1n) is 5.98. The Morgan fingerprint density at radius 1 is 1.00 bits per heavy atom. The van der Waals surface area contributed by atoms with E-state index < -0.39 is 18.6 Å². The standard InChI is InChI=1S/C14H8F4N2O/c15-10-5-1-3-8-11-9(4-2-6-19-11)13(20-12(8)10)21-7-14(16,17)18/h1-6H,7H2. The summed E-state index contributed by atoms with van der Waals surface area (Å²) < 4.78 is 55.4. The molecule has 7 heteroatoms. The van der Waals surface area contributed by atoms with E-state index in [4.69, 9.17) is 4.74 Å². The number of hydrogen-bond donors (Lipinski definition) is 0. The molecule has 1 aromatic carbocycles. The van der Waals surface area contributed by atoms with Crippen LogP contribution in [0.25, 0.3) is 21.8 Å². The normalized spacial score (nSPS) is 12.0. The molecule has 108 valence electrons. The zero-order valence-corrected chi connectivity index (χ0v) is 10.5. The highest BCUT2D eigenvalue weighted by molar-refractivity contribution is 6.05. The minimum absolute atomic E-state index is 0.0686. The summed E-state index contributed by atoms with van der Waals surface area (Å²) in [5.41, 5.74) is 0.278. The van der Waals surface area contributed by atoms with E-state index in [1.54, 1.807) is 12.1 Å². The van der Waals surface area contributed by atoms with Crippen molar-refractivity contribution in [3.63, 3.8) is 0 Å². The quantitative estimate of drug-likeness (QED) is 0.532. The summed E-state index contributed by atoms with van der Waals surface area (Å²) in [5, 5.41) is 0.727. The summed E-state index contributed by atoms with van der Waals surface area (Å²) in [5.74, 6) is -0.926. The van der Waals surface area contributed by atoms with E-state index in [0.29, 0.717) is 16.3 Å². The monoisotopic (exact) mass is 296 g/mol. The zero-order chi connectivity index (χ0) is 15.0. The Morgan fingerprint density at radius 2 is 1.76 bits per heavy atom. The van der Waals surface area contributed by atoms with Crippen LogP contribution in [0.15, 0.2) is 36.5 Å². The van der Waals surface area contributed by atoms with Crippen molar-refractivity contribution in [2.24, 2.45) is 0 Å². The molecular weight excluding hydrogens is 288 g/mol. The molecule has 2 aromatic heterocycles. The molecule has 0 saturated carbocycles. The lowest BCUT2D eigenvalue weighted by Gasteiger charge is -2.12. The maximum absolute atomic E-state index is 13.8. The van der Waals surface area contributed by atoms with Crippen LogP contribution in [-0.4, -0.2) is 22.8 Å². The summed E-state index contributed by atoms with van der Waals surface area (Å²) in [6, 6.07) is 7.36. The van der Waals surface area contributed by atoms with Crippen molar-refractivity contribution < 1.29 is 22.3 Å². The van der Waals surface area contributed by atoms with Crippen LogP contribution >= 0.6 is 0 Å². The van der Waals surface area contributed by atoms with Gasteiger partial charge < -0.3 is 4.74 Å². The van der Waals surface area contributed by atoms with Crippen LogP contribution in [0.3, 0.4) is 0 Å². The minimum atomic E-state index is -4.50. The van der Waals surface area contributed by atoms with Crippen molar-refractivity contribution in [1.82, 2.24) is 9.97 Å². The van der Waals surface area contributed by atoms with Crippen molar-refractivity contribution in [3.05, 3.63) is 42.3 Å². The number of alkyl halides is 3. The van der Waals surface area contributed by atoms with Gasteiger partial charge in [0.05, 0.1) is 10.9 Å². The lowest BCUT2D eigenvalue weighted by molar-refractivity contribution is -0.153. The van der Waals surface area contributed by atoms with Crippen LogP contribution in [0, 0.1) is 5.82 Å². The molecule has 0 radical (unpaired) electrons. The molecule has 0 atom stereocenters. The van der Waals surface area contributed by atoms with Crippen LogP contribution in [0.4, 0.5) is 17.6 Å². The Hall–Kier alpha value is -2.44. The Kier molecular flexibility index (Phi) is 3.12. The molecule has 2 heterocycles. The number of pyridine rings is 2. The van der Waals surface area contributed by atoms with Gasteiger partial charge in [-0.3, -0.25) is 4.98 Å². The number of ether oxygens (including phenoxy) is 1.